The predicted octanol–water partition coefficient (Wildman–Crippen LogP) is 3.55. The highest BCUT2D eigenvalue weighted by atomic mass is 32.2. The van der Waals surface area contributed by atoms with Crippen LogP contribution >= 0.6 is 11.8 Å². The summed E-state index contributed by atoms with van der Waals surface area (Å²) >= 11 is 1.27. The molecule has 118 valence electrons. The number of rotatable bonds is 6. The maximum absolute atomic E-state index is 10.8. The maximum Gasteiger partial charge on any atom is 0.313 e. The number of hydrogen-bond donors (Lipinski definition) is 1. The molecule has 5 nitrogen and oxygen atoms in total. The lowest BCUT2D eigenvalue weighted by atomic mass is 9.68. The third-order valence-corrected chi connectivity index (χ3v) is 5.29. The molecular formula is C15H25N3O2S. The van der Waals surface area contributed by atoms with Gasteiger partial charge in [-0.3, -0.25) is 4.79 Å². The third-order valence-electron chi connectivity index (χ3n) is 4.34. The molecule has 1 unspecified atom stereocenters. The molecule has 1 saturated carbocycles. The molecule has 0 saturated heterocycles. The zero-order valence-corrected chi connectivity index (χ0v) is 13.9. The van der Waals surface area contributed by atoms with Gasteiger partial charge in [-0.25, -0.2) is 0 Å². The van der Waals surface area contributed by atoms with E-state index in [9.17, 15) is 4.79 Å². The van der Waals surface area contributed by atoms with Crippen LogP contribution in [0, 0.1) is 5.41 Å². The number of carbonyl (C=O) groups is 1. The molecular weight excluding hydrogens is 286 g/mol. The van der Waals surface area contributed by atoms with Gasteiger partial charge in [0.2, 0.25) is 0 Å². The van der Waals surface area contributed by atoms with Crippen LogP contribution in [0.15, 0.2) is 5.16 Å². The number of nitrogens with zero attached hydrogens (tertiary/aromatic N) is 3. The average molecular weight is 311 g/mol. The smallest absolute Gasteiger partial charge is 0.313 e. The Labute approximate surface area is 130 Å². The van der Waals surface area contributed by atoms with Gasteiger partial charge in [-0.2, -0.15) is 0 Å². The minimum absolute atomic E-state index is 0.0376. The standard InChI is InChI=1S/C15H25N3O2S/c1-4-9-18-13(11-7-5-6-8-15(11,2)3)16-17-14(18)21-10-12(19)20/h11H,4-10H2,1-3H3,(H,19,20). The Bertz CT molecular complexity index is 499. The Morgan fingerprint density at radius 1 is 1.43 bits per heavy atom. The number of hydrogen-bond acceptors (Lipinski definition) is 4. The molecule has 1 heterocycles. The van der Waals surface area contributed by atoms with Crippen LogP contribution in [0.25, 0.3) is 0 Å². The van der Waals surface area contributed by atoms with Crippen LogP contribution < -0.4 is 0 Å². The fourth-order valence-electron chi connectivity index (χ4n) is 3.20. The largest absolute Gasteiger partial charge is 0.481 e. The normalized spacial score (nSPS) is 21.4. The molecule has 0 bridgehead atoms. The van der Waals surface area contributed by atoms with Gasteiger partial charge in [0.05, 0.1) is 5.75 Å². The van der Waals surface area contributed by atoms with Crippen LogP contribution in [0.3, 0.4) is 0 Å². The van der Waals surface area contributed by atoms with Gasteiger partial charge in [0.15, 0.2) is 5.16 Å². The summed E-state index contributed by atoms with van der Waals surface area (Å²) in [4.78, 5) is 10.8. The minimum atomic E-state index is -0.814. The van der Waals surface area contributed by atoms with E-state index < -0.39 is 5.97 Å². The van der Waals surface area contributed by atoms with Crippen molar-refractivity contribution in [2.75, 3.05) is 5.75 Å². The second kappa shape index (κ2) is 6.81. The molecule has 1 fully saturated rings. The molecule has 1 N–H and O–H groups in total. The first kappa shape index (κ1) is 16.3. The summed E-state index contributed by atoms with van der Waals surface area (Å²) in [6.45, 7) is 7.61. The number of aliphatic carboxylic acids is 1. The summed E-state index contributed by atoms with van der Waals surface area (Å²) < 4.78 is 2.14. The molecule has 6 heteroatoms. The Morgan fingerprint density at radius 3 is 2.81 bits per heavy atom. The lowest BCUT2D eigenvalue weighted by Gasteiger charge is -2.38. The highest BCUT2D eigenvalue weighted by molar-refractivity contribution is 7.99. The van der Waals surface area contributed by atoms with Gasteiger partial charge in [-0.1, -0.05) is 45.4 Å². The van der Waals surface area contributed by atoms with Gasteiger partial charge in [-0.15, -0.1) is 10.2 Å². The second-order valence-corrected chi connectivity index (χ2v) is 7.40. The van der Waals surface area contributed by atoms with E-state index in [1.807, 2.05) is 0 Å². The highest BCUT2D eigenvalue weighted by Crippen LogP contribution is 2.46. The topological polar surface area (TPSA) is 68.0 Å². The molecule has 1 aromatic heterocycles. The number of thioether (sulfide) groups is 1. The Morgan fingerprint density at radius 2 is 2.19 bits per heavy atom. The van der Waals surface area contributed by atoms with E-state index >= 15 is 0 Å². The van der Waals surface area contributed by atoms with E-state index in [1.165, 1.54) is 31.0 Å². The van der Waals surface area contributed by atoms with Gasteiger partial charge in [0.25, 0.3) is 0 Å². The van der Waals surface area contributed by atoms with Crippen LogP contribution in [-0.2, 0) is 11.3 Å². The van der Waals surface area contributed by atoms with Crippen LogP contribution in [0.5, 0.6) is 0 Å². The van der Waals surface area contributed by atoms with Crippen molar-refractivity contribution in [3.63, 3.8) is 0 Å². The van der Waals surface area contributed by atoms with Gasteiger partial charge >= 0.3 is 5.97 Å². The van der Waals surface area contributed by atoms with Crippen molar-refractivity contribution >= 4 is 17.7 Å². The van der Waals surface area contributed by atoms with Crippen LogP contribution in [-0.4, -0.2) is 31.6 Å². The summed E-state index contributed by atoms with van der Waals surface area (Å²) in [6.07, 6.45) is 5.89. The van der Waals surface area contributed by atoms with E-state index in [4.69, 9.17) is 5.11 Å². The SMILES string of the molecule is CCCn1c(SCC(=O)O)nnc1C1CCCCC1(C)C. The van der Waals surface area contributed by atoms with E-state index in [1.54, 1.807) is 0 Å². The highest BCUT2D eigenvalue weighted by Gasteiger charge is 2.37. The number of carboxylic acid groups (broad SMARTS) is 1. The molecule has 1 aromatic rings. The van der Waals surface area contributed by atoms with Gasteiger partial charge in [0.1, 0.15) is 5.82 Å². The molecule has 1 aliphatic carbocycles. The summed E-state index contributed by atoms with van der Waals surface area (Å²) in [5.74, 6) is 0.695. The zero-order valence-electron chi connectivity index (χ0n) is 13.1. The summed E-state index contributed by atoms with van der Waals surface area (Å²) in [7, 11) is 0. The molecule has 1 atom stereocenters. The van der Waals surface area contributed by atoms with Crippen molar-refractivity contribution in [3.8, 4) is 0 Å². The first-order chi connectivity index (χ1) is 9.95. The van der Waals surface area contributed by atoms with Crippen molar-refractivity contribution in [1.82, 2.24) is 14.8 Å². The van der Waals surface area contributed by atoms with Gasteiger partial charge in [0, 0.05) is 12.5 Å². The molecule has 2 rings (SSSR count). The lowest BCUT2D eigenvalue weighted by molar-refractivity contribution is -0.133. The Balaban J connectivity index is 2.27. The van der Waals surface area contributed by atoms with Gasteiger partial charge < -0.3 is 9.67 Å². The van der Waals surface area contributed by atoms with Crippen molar-refractivity contribution in [2.45, 2.75) is 70.5 Å². The van der Waals surface area contributed by atoms with E-state index in [2.05, 4.69) is 35.5 Å². The van der Waals surface area contributed by atoms with Crippen molar-refractivity contribution in [2.24, 2.45) is 5.41 Å². The summed E-state index contributed by atoms with van der Waals surface area (Å²) in [5, 5.41) is 18.3. The quantitative estimate of drug-likeness (QED) is 0.814. The predicted molar refractivity (Wildman–Crippen MR) is 83.7 cm³/mol. The molecule has 0 spiro atoms. The average Bonchev–Trinajstić information content (AvgIpc) is 2.79. The Hall–Kier alpha value is -1.04. The van der Waals surface area contributed by atoms with Gasteiger partial charge in [-0.05, 0) is 24.7 Å². The number of aromatic nitrogens is 3. The summed E-state index contributed by atoms with van der Waals surface area (Å²) in [5.41, 5.74) is 0.242. The summed E-state index contributed by atoms with van der Waals surface area (Å²) in [6, 6.07) is 0. The molecule has 0 aliphatic heterocycles. The molecule has 21 heavy (non-hydrogen) atoms. The third kappa shape index (κ3) is 3.78. The molecule has 0 aromatic carbocycles. The van der Waals surface area contributed by atoms with Crippen LogP contribution in [0.1, 0.15) is 64.6 Å². The fraction of sp³-hybridized carbons (Fsp3) is 0.800. The lowest BCUT2D eigenvalue weighted by Crippen LogP contribution is -2.28. The second-order valence-electron chi connectivity index (χ2n) is 6.46. The van der Waals surface area contributed by atoms with E-state index in [0.717, 1.165) is 30.4 Å². The van der Waals surface area contributed by atoms with E-state index in [0.29, 0.717) is 5.92 Å². The molecule has 0 radical (unpaired) electrons. The first-order valence-electron chi connectivity index (χ1n) is 7.73. The molecule has 0 amide bonds. The fourth-order valence-corrected chi connectivity index (χ4v) is 3.89. The minimum Gasteiger partial charge on any atom is -0.481 e. The first-order valence-corrected chi connectivity index (χ1v) is 8.72. The van der Waals surface area contributed by atoms with Crippen LogP contribution in [0.4, 0.5) is 0 Å². The number of carboxylic acids is 1. The van der Waals surface area contributed by atoms with Crippen molar-refractivity contribution in [1.29, 1.82) is 0 Å². The maximum atomic E-state index is 10.8. The van der Waals surface area contributed by atoms with Crippen molar-refractivity contribution in [3.05, 3.63) is 5.82 Å². The van der Waals surface area contributed by atoms with Crippen LogP contribution in [0.2, 0.25) is 0 Å². The Kier molecular flexibility index (Phi) is 5.30. The van der Waals surface area contributed by atoms with Crippen molar-refractivity contribution < 1.29 is 9.90 Å². The van der Waals surface area contributed by atoms with E-state index in [-0.39, 0.29) is 11.2 Å². The monoisotopic (exact) mass is 311 g/mol. The zero-order chi connectivity index (χ0) is 15.5. The molecule has 1 aliphatic rings.